The lowest BCUT2D eigenvalue weighted by Gasteiger charge is -2.11. The number of nitrogens with one attached hydrogen (secondary N) is 1. The lowest BCUT2D eigenvalue weighted by molar-refractivity contribution is -0.123. The van der Waals surface area contributed by atoms with Gasteiger partial charge in [-0.2, -0.15) is 5.10 Å². The van der Waals surface area contributed by atoms with Crippen LogP contribution in [0.1, 0.15) is 31.5 Å². The van der Waals surface area contributed by atoms with Gasteiger partial charge in [0.2, 0.25) is 5.91 Å². The molecule has 0 aliphatic heterocycles. The Morgan fingerprint density at radius 1 is 1.30 bits per heavy atom. The standard InChI is InChI=1S/C22H27N5O3/c1-6-8-16-19-20(27(5)25-16)22(29)24-21(23-19)15-13-14(9-11-17(15)30-7-2)10-12-18(28)26(3)4/h9-13H,6-8H2,1-5H3,(H,23,24,29). The summed E-state index contributed by atoms with van der Waals surface area (Å²) in [5, 5.41) is 4.47. The van der Waals surface area contributed by atoms with Crippen LogP contribution in [0.2, 0.25) is 0 Å². The fraction of sp³-hybridized carbons (Fsp3) is 0.364. The van der Waals surface area contributed by atoms with Crippen molar-refractivity contribution in [2.45, 2.75) is 26.7 Å². The van der Waals surface area contributed by atoms with E-state index in [0.717, 1.165) is 24.1 Å². The van der Waals surface area contributed by atoms with Crippen molar-refractivity contribution < 1.29 is 9.53 Å². The first kappa shape index (κ1) is 21.3. The van der Waals surface area contributed by atoms with Crippen molar-refractivity contribution in [2.75, 3.05) is 20.7 Å². The van der Waals surface area contributed by atoms with Crippen LogP contribution in [0.4, 0.5) is 0 Å². The summed E-state index contributed by atoms with van der Waals surface area (Å²) in [7, 11) is 5.14. The average molecular weight is 409 g/mol. The van der Waals surface area contributed by atoms with Crippen LogP contribution in [0, 0.1) is 0 Å². The molecule has 1 N–H and O–H groups in total. The molecular weight excluding hydrogens is 382 g/mol. The molecule has 30 heavy (non-hydrogen) atoms. The number of aromatic amines is 1. The summed E-state index contributed by atoms with van der Waals surface area (Å²) in [4.78, 5) is 33.8. The van der Waals surface area contributed by atoms with Gasteiger partial charge in [0, 0.05) is 27.2 Å². The van der Waals surface area contributed by atoms with Gasteiger partial charge in [0.05, 0.1) is 17.9 Å². The number of carbonyl (C=O) groups excluding carboxylic acids is 1. The molecule has 0 aliphatic rings. The van der Waals surface area contributed by atoms with E-state index in [1.54, 1.807) is 31.9 Å². The van der Waals surface area contributed by atoms with Gasteiger partial charge < -0.3 is 14.6 Å². The normalized spacial score (nSPS) is 11.4. The number of H-pyrrole nitrogens is 1. The van der Waals surface area contributed by atoms with E-state index < -0.39 is 0 Å². The Kier molecular flexibility index (Phi) is 6.34. The molecule has 2 heterocycles. The van der Waals surface area contributed by atoms with E-state index >= 15 is 0 Å². The molecule has 0 atom stereocenters. The Hall–Kier alpha value is -3.42. The molecule has 158 valence electrons. The Morgan fingerprint density at radius 3 is 2.73 bits per heavy atom. The lowest BCUT2D eigenvalue weighted by atomic mass is 10.1. The Labute approximate surface area is 175 Å². The quantitative estimate of drug-likeness (QED) is 0.606. The minimum Gasteiger partial charge on any atom is -0.493 e. The van der Waals surface area contributed by atoms with Gasteiger partial charge in [-0.05, 0) is 37.1 Å². The zero-order chi connectivity index (χ0) is 21.8. The van der Waals surface area contributed by atoms with Gasteiger partial charge in [0.1, 0.15) is 17.1 Å². The number of benzene rings is 1. The number of hydrogen-bond donors (Lipinski definition) is 1. The fourth-order valence-electron chi connectivity index (χ4n) is 3.21. The SMILES string of the molecule is CCCc1nn(C)c2c(=O)[nH]c(-c3cc(C=CC(=O)N(C)C)ccc3OCC)nc12. The predicted octanol–water partition coefficient (Wildman–Crippen LogP) is 2.78. The maximum absolute atomic E-state index is 12.8. The summed E-state index contributed by atoms with van der Waals surface area (Å²) < 4.78 is 7.34. The van der Waals surface area contributed by atoms with Crippen LogP contribution in [0.3, 0.4) is 0 Å². The van der Waals surface area contributed by atoms with E-state index in [0.29, 0.717) is 34.8 Å². The lowest BCUT2D eigenvalue weighted by Crippen LogP contribution is -2.18. The number of ether oxygens (including phenoxy) is 1. The second kappa shape index (κ2) is 8.94. The van der Waals surface area contributed by atoms with E-state index in [1.807, 2.05) is 25.1 Å². The summed E-state index contributed by atoms with van der Waals surface area (Å²) in [6, 6.07) is 5.53. The van der Waals surface area contributed by atoms with Gasteiger partial charge in [0.15, 0.2) is 5.52 Å². The summed E-state index contributed by atoms with van der Waals surface area (Å²) >= 11 is 0. The topological polar surface area (TPSA) is 93.1 Å². The van der Waals surface area contributed by atoms with Gasteiger partial charge in [-0.3, -0.25) is 14.3 Å². The highest BCUT2D eigenvalue weighted by molar-refractivity contribution is 5.91. The third-order valence-corrected chi connectivity index (χ3v) is 4.67. The number of aryl methyl sites for hydroxylation is 2. The molecule has 0 spiro atoms. The number of nitrogens with zero attached hydrogens (tertiary/aromatic N) is 4. The summed E-state index contributed by atoms with van der Waals surface area (Å²) in [6.45, 7) is 4.43. The Morgan fingerprint density at radius 2 is 2.07 bits per heavy atom. The Balaban J connectivity index is 2.16. The molecule has 3 aromatic rings. The van der Waals surface area contributed by atoms with Crippen molar-refractivity contribution in [2.24, 2.45) is 7.05 Å². The highest BCUT2D eigenvalue weighted by atomic mass is 16.5. The number of fused-ring (bicyclic) bond motifs is 1. The molecule has 0 radical (unpaired) electrons. The van der Waals surface area contributed by atoms with Crippen LogP contribution in [0.25, 0.3) is 28.5 Å². The van der Waals surface area contributed by atoms with E-state index in [1.165, 1.54) is 11.0 Å². The van der Waals surface area contributed by atoms with Crippen molar-refractivity contribution >= 4 is 23.0 Å². The van der Waals surface area contributed by atoms with Gasteiger partial charge >= 0.3 is 0 Å². The summed E-state index contributed by atoms with van der Waals surface area (Å²) in [6.07, 6.45) is 4.87. The van der Waals surface area contributed by atoms with Crippen molar-refractivity contribution in [3.63, 3.8) is 0 Å². The molecule has 0 saturated carbocycles. The molecule has 3 rings (SSSR count). The van der Waals surface area contributed by atoms with Crippen molar-refractivity contribution in [1.82, 2.24) is 24.6 Å². The van der Waals surface area contributed by atoms with Crippen molar-refractivity contribution in [3.05, 3.63) is 45.9 Å². The molecule has 0 saturated heterocycles. The van der Waals surface area contributed by atoms with Gasteiger partial charge in [0.25, 0.3) is 5.56 Å². The third kappa shape index (κ3) is 4.27. The predicted molar refractivity (Wildman–Crippen MR) is 117 cm³/mol. The van der Waals surface area contributed by atoms with Crippen LogP contribution in [0.5, 0.6) is 5.75 Å². The van der Waals surface area contributed by atoms with Crippen molar-refractivity contribution in [3.8, 4) is 17.1 Å². The first-order valence-electron chi connectivity index (χ1n) is 9.98. The van der Waals surface area contributed by atoms with E-state index in [2.05, 4.69) is 17.0 Å². The fourth-order valence-corrected chi connectivity index (χ4v) is 3.21. The number of likely N-dealkylation sites (N-methyl/N-ethyl adjacent to an activating group) is 1. The van der Waals surface area contributed by atoms with Crippen LogP contribution in [-0.2, 0) is 18.3 Å². The molecule has 0 unspecified atom stereocenters. The van der Waals surface area contributed by atoms with Crippen LogP contribution in [0.15, 0.2) is 29.1 Å². The highest BCUT2D eigenvalue weighted by Crippen LogP contribution is 2.30. The number of carbonyl (C=O) groups is 1. The first-order valence-corrected chi connectivity index (χ1v) is 9.98. The molecular formula is C22H27N5O3. The number of hydrogen-bond acceptors (Lipinski definition) is 5. The minimum absolute atomic E-state index is 0.113. The largest absolute Gasteiger partial charge is 0.493 e. The number of aromatic nitrogens is 4. The zero-order valence-electron chi connectivity index (χ0n) is 18.0. The van der Waals surface area contributed by atoms with E-state index in [-0.39, 0.29) is 11.5 Å². The third-order valence-electron chi connectivity index (χ3n) is 4.67. The maximum Gasteiger partial charge on any atom is 0.277 e. The first-order chi connectivity index (χ1) is 14.3. The molecule has 0 fully saturated rings. The van der Waals surface area contributed by atoms with Crippen LogP contribution < -0.4 is 10.3 Å². The second-order valence-electron chi connectivity index (χ2n) is 7.19. The molecule has 1 amide bonds. The molecule has 0 aliphatic carbocycles. The number of amides is 1. The van der Waals surface area contributed by atoms with E-state index in [9.17, 15) is 9.59 Å². The maximum atomic E-state index is 12.8. The molecule has 2 aromatic heterocycles. The summed E-state index contributed by atoms with van der Waals surface area (Å²) in [5.74, 6) is 0.908. The molecule has 0 bridgehead atoms. The van der Waals surface area contributed by atoms with Gasteiger partial charge in [-0.25, -0.2) is 4.98 Å². The average Bonchev–Trinajstić information content (AvgIpc) is 3.03. The molecule has 1 aromatic carbocycles. The van der Waals surface area contributed by atoms with Gasteiger partial charge in [-0.15, -0.1) is 0 Å². The van der Waals surface area contributed by atoms with Gasteiger partial charge in [-0.1, -0.05) is 19.4 Å². The van der Waals surface area contributed by atoms with Crippen LogP contribution >= 0.6 is 0 Å². The molecule has 8 heteroatoms. The smallest absolute Gasteiger partial charge is 0.277 e. The summed E-state index contributed by atoms with van der Waals surface area (Å²) in [5.41, 5.74) is 3.05. The molecule has 8 nitrogen and oxygen atoms in total. The van der Waals surface area contributed by atoms with E-state index in [4.69, 9.17) is 9.72 Å². The minimum atomic E-state index is -0.251. The Bertz CT molecular complexity index is 1160. The highest BCUT2D eigenvalue weighted by Gasteiger charge is 2.17. The monoisotopic (exact) mass is 409 g/mol. The van der Waals surface area contributed by atoms with Crippen molar-refractivity contribution in [1.29, 1.82) is 0 Å². The number of rotatable bonds is 7. The van der Waals surface area contributed by atoms with Crippen LogP contribution in [-0.4, -0.2) is 51.3 Å². The second-order valence-corrected chi connectivity index (χ2v) is 7.19. The zero-order valence-corrected chi connectivity index (χ0v) is 18.0.